The third kappa shape index (κ3) is 6.08. The fourth-order valence-electron chi connectivity index (χ4n) is 4.41. The Morgan fingerprint density at radius 2 is 1.76 bits per heavy atom. The van der Waals surface area contributed by atoms with Gasteiger partial charge in [0.15, 0.2) is 0 Å². The molecule has 0 saturated heterocycles. The minimum Gasteiger partial charge on any atom is -0.347 e. The molecule has 10 nitrogen and oxygen atoms in total. The summed E-state index contributed by atoms with van der Waals surface area (Å²) in [5.41, 5.74) is 3.80. The molecule has 4 rings (SSSR count). The normalized spacial score (nSPS) is 11.8. The van der Waals surface area contributed by atoms with Crippen LogP contribution in [0.2, 0.25) is 0 Å². The lowest BCUT2D eigenvalue weighted by molar-refractivity contribution is -0.226. The molecule has 0 radical (unpaired) electrons. The molecule has 37 heavy (non-hydrogen) atoms. The Balaban J connectivity index is 1.61. The van der Waals surface area contributed by atoms with Crippen molar-refractivity contribution in [1.82, 2.24) is 40.4 Å². The Kier molecular flexibility index (Phi) is 9.08. The van der Waals surface area contributed by atoms with E-state index in [2.05, 4.69) is 63.7 Å². The second-order valence-corrected chi connectivity index (χ2v) is 9.06. The zero-order valence-corrected chi connectivity index (χ0v) is 22.1. The van der Waals surface area contributed by atoms with E-state index in [1.165, 1.54) is 0 Å². The lowest BCUT2D eigenvalue weighted by Gasteiger charge is -2.27. The van der Waals surface area contributed by atoms with Gasteiger partial charge in [0.25, 0.3) is 0 Å². The molecule has 1 N–H and O–H groups in total. The fourth-order valence-corrected chi connectivity index (χ4v) is 4.41. The van der Waals surface area contributed by atoms with E-state index in [0.29, 0.717) is 30.2 Å². The molecule has 0 aliphatic rings. The third-order valence-corrected chi connectivity index (χ3v) is 6.57. The number of ether oxygens (including phenoxy) is 2. The van der Waals surface area contributed by atoms with Gasteiger partial charge in [-0.25, -0.2) is 9.67 Å². The smallest absolute Gasteiger partial charge is 0.231 e. The highest BCUT2D eigenvalue weighted by Gasteiger charge is 2.37. The number of aromatic nitrogens is 8. The second kappa shape index (κ2) is 12.6. The van der Waals surface area contributed by atoms with Gasteiger partial charge in [-0.15, -0.1) is 10.2 Å². The van der Waals surface area contributed by atoms with E-state index >= 15 is 0 Å². The topological polar surface area (TPSA) is 117 Å². The second-order valence-electron chi connectivity index (χ2n) is 9.06. The number of tetrazole rings is 1. The Morgan fingerprint density at radius 3 is 2.43 bits per heavy atom. The van der Waals surface area contributed by atoms with Gasteiger partial charge in [-0.2, -0.15) is 10.3 Å². The summed E-state index contributed by atoms with van der Waals surface area (Å²) in [6.07, 6.45) is 8.43. The van der Waals surface area contributed by atoms with Crippen LogP contribution in [-0.2, 0) is 28.2 Å². The van der Waals surface area contributed by atoms with Crippen molar-refractivity contribution in [2.75, 3.05) is 14.2 Å². The SMILES string of the molecule is CCCCCn1nc(C(CCCC)(OC)OC)nc1Cc1ccc(-c2cccnc2-c2nn[nH]n2)cc1. The van der Waals surface area contributed by atoms with Crippen molar-refractivity contribution in [3.05, 3.63) is 59.8 Å². The largest absolute Gasteiger partial charge is 0.347 e. The predicted octanol–water partition coefficient (Wildman–Crippen LogP) is 4.94. The van der Waals surface area contributed by atoms with Gasteiger partial charge in [0.2, 0.25) is 17.4 Å². The van der Waals surface area contributed by atoms with Crippen molar-refractivity contribution in [2.45, 2.75) is 71.1 Å². The summed E-state index contributed by atoms with van der Waals surface area (Å²) in [4.78, 5) is 9.41. The minimum absolute atomic E-state index is 0.468. The summed E-state index contributed by atoms with van der Waals surface area (Å²) in [5, 5.41) is 19.2. The summed E-state index contributed by atoms with van der Waals surface area (Å²) >= 11 is 0. The number of methoxy groups -OCH3 is 2. The van der Waals surface area contributed by atoms with E-state index in [-0.39, 0.29) is 0 Å². The molecule has 0 unspecified atom stereocenters. The van der Waals surface area contributed by atoms with Crippen LogP contribution >= 0.6 is 0 Å². The molecule has 1 aromatic carbocycles. The van der Waals surface area contributed by atoms with Crippen LogP contribution in [0.25, 0.3) is 22.6 Å². The van der Waals surface area contributed by atoms with Crippen molar-refractivity contribution >= 4 is 0 Å². The monoisotopic (exact) mass is 504 g/mol. The lowest BCUT2D eigenvalue weighted by Crippen LogP contribution is -2.32. The lowest BCUT2D eigenvalue weighted by atomic mass is 10.0. The summed E-state index contributed by atoms with van der Waals surface area (Å²) < 4.78 is 13.7. The number of nitrogens with zero attached hydrogens (tertiary/aromatic N) is 7. The maximum Gasteiger partial charge on any atom is 0.231 e. The Bertz CT molecular complexity index is 1230. The molecule has 0 atom stereocenters. The molecule has 0 bridgehead atoms. The van der Waals surface area contributed by atoms with Crippen LogP contribution in [0.15, 0.2) is 42.6 Å². The van der Waals surface area contributed by atoms with E-state index in [1.54, 1.807) is 20.4 Å². The highest BCUT2D eigenvalue weighted by Crippen LogP contribution is 2.31. The first-order valence-electron chi connectivity index (χ1n) is 13.0. The van der Waals surface area contributed by atoms with Crippen molar-refractivity contribution in [3.8, 4) is 22.6 Å². The van der Waals surface area contributed by atoms with Gasteiger partial charge in [0.05, 0.1) is 0 Å². The van der Waals surface area contributed by atoms with Gasteiger partial charge >= 0.3 is 0 Å². The third-order valence-electron chi connectivity index (χ3n) is 6.57. The molecule has 4 aromatic rings. The molecular weight excluding hydrogens is 468 g/mol. The van der Waals surface area contributed by atoms with Gasteiger partial charge in [-0.1, -0.05) is 63.4 Å². The van der Waals surface area contributed by atoms with E-state index in [1.807, 2.05) is 16.8 Å². The predicted molar refractivity (Wildman–Crippen MR) is 140 cm³/mol. The number of pyridine rings is 1. The fraction of sp³-hybridized carbons (Fsp3) is 0.481. The number of hydrogen-bond donors (Lipinski definition) is 1. The molecule has 3 heterocycles. The Morgan fingerprint density at radius 1 is 0.973 bits per heavy atom. The number of unbranched alkanes of at least 4 members (excludes halogenated alkanes) is 3. The van der Waals surface area contributed by atoms with Gasteiger partial charge in [0, 0.05) is 45.4 Å². The van der Waals surface area contributed by atoms with Crippen LogP contribution in [0.1, 0.15) is 69.6 Å². The quantitative estimate of drug-likeness (QED) is 0.190. The maximum atomic E-state index is 5.84. The van der Waals surface area contributed by atoms with Crippen LogP contribution < -0.4 is 0 Å². The molecule has 0 amide bonds. The molecule has 10 heteroatoms. The molecule has 3 aromatic heterocycles. The summed E-state index contributed by atoms with van der Waals surface area (Å²) in [6, 6.07) is 12.3. The van der Waals surface area contributed by atoms with Crippen LogP contribution in [0.3, 0.4) is 0 Å². The number of benzene rings is 1. The summed E-state index contributed by atoms with van der Waals surface area (Å²) in [5.74, 6) is 1.03. The standard InChI is InChI=1S/C27H36N8O2/c1-5-7-9-18-35-23(29-26(32-35)27(36-3,37-4)16-8-6-2)19-20-12-14-21(15-13-20)22-11-10-17-28-24(22)25-30-33-34-31-25/h10-15,17H,5-9,16,18-19H2,1-4H3,(H,30,31,33,34). The number of hydrogen-bond acceptors (Lipinski definition) is 8. The molecule has 196 valence electrons. The molecule has 0 saturated carbocycles. The average Bonchev–Trinajstić information content (AvgIpc) is 3.62. The van der Waals surface area contributed by atoms with Crippen molar-refractivity contribution in [1.29, 1.82) is 0 Å². The molecule has 0 fully saturated rings. The number of aromatic amines is 1. The van der Waals surface area contributed by atoms with Crippen LogP contribution in [0.4, 0.5) is 0 Å². The van der Waals surface area contributed by atoms with Gasteiger partial charge in [0.1, 0.15) is 11.5 Å². The molecule has 0 aliphatic carbocycles. The average molecular weight is 505 g/mol. The van der Waals surface area contributed by atoms with Gasteiger partial charge < -0.3 is 9.47 Å². The summed E-state index contributed by atoms with van der Waals surface area (Å²) in [6.45, 7) is 5.17. The van der Waals surface area contributed by atoms with Gasteiger partial charge in [-0.3, -0.25) is 4.98 Å². The first-order chi connectivity index (χ1) is 18.1. The summed E-state index contributed by atoms with van der Waals surface area (Å²) in [7, 11) is 3.33. The molecule has 0 spiro atoms. The maximum absolute atomic E-state index is 5.84. The van der Waals surface area contributed by atoms with E-state index in [4.69, 9.17) is 19.6 Å². The number of H-pyrrole nitrogens is 1. The van der Waals surface area contributed by atoms with Crippen molar-refractivity contribution in [3.63, 3.8) is 0 Å². The van der Waals surface area contributed by atoms with Crippen LogP contribution in [0.5, 0.6) is 0 Å². The highest BCUT2D eigenvalue weighted by molar-refractivity contribution is 5.77. The number of aryl methyl sites for hydroxylation is 1. The van der Waals surface area contributed by atoms with E-state index < -0.39 is 5.79 Å². The van der Waals surface area contributed by atoms with E-state index in [9.17, 15) is 0 Å². The molecule has 0 aliphatic heterocycles. The van der Waals surface area contributed by atoms with Crippen molar-refractivity contribution in [2.24, 2.45) is 0 Å². The Labute approximate surface area is 217 Å². The zero-order chi connectivity index (χ0) is 26.1. The van der Waals surface area contributed by atoms with Crippen LogP contribution in [-0.4, -0.2) is 54.6 Å². The first-order valence-corrected chi connectivity index (χ1v) is 13.0. The van der Waals surface area contributed by atoms with E-state index in [0.717, 1.165) is 61.2 Å². The Hall–Kier alpha value is -3.50. The number of rotatable bonds is 14. The molecular formula is C27H36N8O2. The zero-order valence-electron chi connectivity index (χ0n) is 22.1. The minimum atomic E-state index is -0.934. The van der Waals surface area contributed by atoms with Crippen molar-refractivity contribution < 1.29 is 9.47 Å². The van der Waals surface area contributed by atoms with Gasteiger partial charge in [-0.05, 0) is 35.2 Å². The highest BCUT2D eigenvalue weighted by atomic mass is 16.7. The first kappa shape index (κ1) is 26.6. The number of nitrogens with one attached hydrogen (secondary N) is 1. The van der Waals surface area contributed by atoms with Crippen LogP contribution in [0, 0.1) is 0 Å².